The highest BCUT2D eigenvalue weighted by Crippen LogP contribution is 2.21. The first-order valence-electron chi connectivity index (χ1n) is 6.45. The number of halogens is 1. The standard InChI is InChI=1S/C14H19N3O3.HI/c1-19-12-6-3-9(7-11(12)13(18)20-2)8-16-14(15)17-10-4-5-10;/h3,6-7,10H,4-5,8H2,1-2H3,(H3,15,16,17);1H. The number of methoxy groups -OCH3 is 2. The second-order valence-electron chi connectivity index (χ2n) is 4.65. The van der Waals surface area contributed by atoms with Gasteiger partial charge in [-0.1, -0.05) is 6.07 Å². The van der Waals surface area contributed by atoms with Gasteiger partial charge in [0.1, 0.15) is 11.3 Å². The average molecular weight is 405 g/mol. The van der Waals surface area contributed by atoms with Gasteiger partial charge in [0.05, 0.1) is 20.8 Å². The average Bonchev–Trinajstić information content (AvgIpc) is 3.27. The number of carbonyl (C=O) groups is 1. The van der Waals surface area contributed by atoms with Crippen molar-refractivity contribution in [2.45, 2.75) is 25.4 Å². The maximum Gasteiger partial charge on any atom is 0.341 e. The number of ether oxygens (including phenoxy) is 2. The van der Waals surface area contributed by atoms with Gasteiger partial charge >= 0.3 is 5.97 Å². The second kappa shape index (κ2) is 8.06. The lowest BCUT2D eigenvalue weighted by molar-refractivity contribution is 0.0597. The Kier molecular flexibility index (Phi) is 6.73. The van der Waals surface area contributed by atoms with E-state index in [1.807, 2.05) is 6.07 Å². The minimum Gasteiger partial charge on any atom is -0.496 e. The van der Waals surface area contributed by atoms with Gasteiger partial charge in [0.25, 0.3) is 0 Å². The first kappa shape index (κ1) is 17.5. The number of carbonyl (C=O) groups excluding carboxylic acids is 1. The molecule has 1 aliphatic rings. The maximum atomic E-state index is 11.7. The molecule has 1 saturated carbocycles. The minimum absolute atomic E-state index is 0. The zero-order valence-corrected chi connectivity index (χ0v) is 14.4. The molecule has 0 aliphatic heterocycles. The number of aliphatic imine (C=N–C) groups is 1. The Hall–Kier alpha value is -1.51. The molecule has 1 aliphatic carbocycles. The van der Waals surface area contributed by atoms with Gasteiger partial charge in [0.2, 0.25) is 0 Å². The summed E-state index contributed by atoms with van der Waals surface area (Å²) >= 11 is 0. The van der Waals surface area contributed by atoms with Crippen molar-refractivity contribution >= 4 is 35.9 Å². The van der Waals surface area contributed by atoms with Crippen molar-refractivity contribution in [1.82, 2.24) is 5.32 Å². The first-order valence-corrected chi connectivity index (χ1v) is 6.45. The molecule has 0 radical (unpaired) electrons. The molecule has 21 heavy (non-hydrogen) atoms. The van der Waals surface area contributed by atoms with Crippen LogP contribution in [0.15, 0.2) is 23.2 Å². The molecule has 1 aromatic carbocycles. The minimum atomic E-state index is -0.434. The number of rotatable bonds is 5. The summed E-state index contributed by atoms with van der Waals surface area (Å²) in [6, 6.07) is 5.75. The molecule has 0 saturated heterocycles. The molecule has 3 N–H and O–H groups in total. The van der Waals surface area contributed by atoms with Crippen LogP contribution in [0.3, 0.4) is 0 Å². The third kappa shape index (κ3) is 5.07. The van der Waals surface area contributed by atoms with Crippen LogP contribution in [0, 0.1) is 0 Å². The van der Waals surface area contributed by atoms with Gasteiger partial charge in [0.15, 0.2) is 5.96 Å². The van der Waals surface area contributed by atoms with Crippen molar-refractivity contribution in [3.63, 3.8) is 0 Å². The number of hydrogen-bond donors (Lipinski definition) is 2. The maximum absolute atomic E-state index is 11.7. The van der Waals surface area contributed by atoms with E-state index in [2.05, 4.69) is 10.3 Å². The van der Waals surface area contributed by atoms with Crippen molar-refractivity contribution in [3.05, 3.63) is 29.3 Å². The highest BCUT2D eigenvalue weighted by atomic mass is 127. The summed E-state index contributed by atoms with van der Waals surface area (Å²) in [6.07, 6.45) is 2.29. The Labute approximate surface area is 141 Å². The smallest absolute Gasteiger partial charge is 0.341 e. The molecule has 0 amide bonds. The third-order valence-corrected chi connectivity index (χ3v) is 3.03. The van der Waals surface area contributed by atoms with Gasteiger partial charge in [-0.25, -0.2) is 9.79 Å². The van der Waals surface area contributed by atoms with Crippen LogP contribution in [0.5, 0.6) is 5.75 Å². The molecular weight excluding hydrogens is 385 g/mol. The van der Waals surface area contributed by atoms with Gasteiger partial charge in [-0.05, 0) is 30.5 Å². The Morgan fingerprint density at radius 1 is 1.43 bits per heavy atom. The molecule has 116 valence electrons. The summed E-state index contributed by atoms with van der Waals surface area (Å²) in [7, 11) is 2.85. The predicted octanol–water partition coefficient (Wildman–Crippen LogP) is 1.67. The third-order valence-electron chi connectivity index (χ3n) is 3.03. The van der Waals surface area contributed by atoms with Crippen molar-refractivity contribution in [2.75, 3.05) is 14.2 Å². The summed E-state index contributed by atoms with van der Waals surface area (Å²) < 4.78 is 9.86. The molecule has 1 fully saturated rings. The van der Waals surface area contributed by atoms with Crippen LogP contribution in [0.1, 0.15) is 28.8 Å². The monoisotopic (exact) mass is 405 g/mol. The Balaban J connectivity index is 0.00000220. The van der Waals surface area contributed by atoms with Crippen LogP contribution in [-0.2, 0) is 11.3 Å². The highest BCUT2D eigenvalue weighted by molar-refractivity contribution is 14.0. The van der Waals surface area contributed by atoms with Gasteiger partial charge < -0.3 is 20.5 Å². The van der Waals surface area contributed by atoms with E-state index in [1.54, 1.807) is 12.1 Å². The topological polar surface area (TPSA) is 85.9 Å². The predicted molar refractivity (Wildman–Crippen MR) is 91.2 cm³/mol. The summed E-state index contributed by atoms with van der Waals surface area (Å²) in [4.78, 5) is 15.9. The lowest BCUT2D eigenvalue weighted by Gasteiger charge is -2.08. The number of nitrogens with two attached hydrogens (primary N) is 1. The van der Waals surface area contributed by atoms with E-state index in [9.17, 15) is 4.79 Å². The molecule has 7 heteroatoms. The van der Waals surface area contributed by atoms with Crippen LogP contribution < -0.4 is 15.8 Å². The van der Waals surface area contributed by atoms with Crippen LogP contribution in [0.4, 0.5) is 0 Å². The Morgan fingerprint density at radius 2 is 2.14 bits per heavy atom. The van der Waals surface area contributed by atoms with Gasteiger partial charge in [-0.3, -0.25) is 0 Å². The fourth-order valence-electron chi connectivity index (χ4n) is 1.78. The number of benzene rings is 1. The fraction of sp³-hybridized carbons (Fsp3) is 0.429. The van der Waals surface area contributed by atoms with E-state index in [0.29, 0.717) is 29.9 Å². The quantitative estimate of drug-likeness (QED) is 0.337. The summed E-state index contributed by atoms with van der Waals surface area (Å²) in [5.74, 6) is 0.480. The molecule has 0 aromatic heterocycles. The van der Waals surface area contributed by atoms with E-state index < -0.39 is 5.97 Å². The molecule has 2 rings (SSSR count). The van der Waals surface area contributed by atoms with Gasteiger partial charge in [-0.15, -0.1) is 24.0 Å². The molecule has 0 heterocycles. The number of nitrogens with zero attached hydrogens (tertiary/aromatic N) is 1. The Morgan fingerprint density at radius 3 is 2.71 bits per heavy atom. The van der Waals surface area contributed by atoms with Crippen LogP contribution in [0.25, 0.3) is 0 Å². The fourth-order valence-corrected chi connectivity index (χ4v) is 1.78. The van der Waals surface area contributed by atoms with Crippen molar-refractivity contribution < 1.29 is 14.3 Å². The van der Waals surface area contributed by atoms with Crippen LogP contribution >= 0.6 is 24.0 Å². The zero-order chi connectivity index (χ0) is 14.5. The molecule has 6 nitrogen and oxygen atoms in total. The van der Waals surface area contributed by atoms with Crippen molar-refractivity contribution in [1.29, 1.82) is 0 Å². The molecule has 0 spiro atoms. The van der Waals surface area contributed by atoms with E-state index in [1.165, 1.54) is 14.2 Å². The zero-order valence-electron chi connectivity index (χ0n) is 12.1. The summed E-state index contributed by atoms with van der Waals surface area (Å²) in [5.41, 5.74) is 7.02. The SMILES string of the molecule is COC(=O)c1cc(CN=C(N)NC2CC2)ccc1OC.I. The van der Waals surface area contributed by atoms with E-state index in [-0.39, 0.29) is 24.0 Å². The van der Waals surface area contributed by atoms with Crippen molar-refractivity contribution in [3.8, 4) is 5.75 Å². The first-order chi connectivity index (χ1) is 9.63. The summed E-state index contributed by atoms with van der Waals surface area (Å²) in [6.45, 7) is 0.402. The molecule has 0 unspecified atom stereocenters. The van der Waals surface area contributed by atoms with Gasteiger partial charge in [0, 0.05) is 6.04 Å². The van der Waals surface area contributed by atoms with E-state index >= 15 is 0 Å². The van der Waals surface area contributed by atoms with Crippen LogP contribution in [-0.4, -0.2) is 32.2 Å². The van der Waals surface area contributed by atoms with Crippen LogP contribution in [0.2, 0.25) is 0 Å². The number of guanidine groups is 1. The molecular formula is C14H20IN3O3. The normalized spacial score (nSPS) is 14.1. The summed E-state index contributed by atoms with van der Waals surface area (Å²) in [5, 5.41) is 3.11. The highest BCUT2D eigenvalue weighted by Gasteiger charge is 2.21. The van der Waals surface area contributed by atoms with E-state index in [0.717, 1.165) is 18.4 Å². The van der Waals surface area contributed by atoms with Crippen molar-refractivity contribution in [2.24, 2.45) is 10.7 Å². The second-order valence-corrected chi connectivity index (χ2v) is 4.65. The largest absolute Gasteiger partial charge is 0.496 e. The number of hydrogen-bond acceptors (Lipinski definition) is 4. The van der Waals surface area contributed by atoms with Gasteiger partial charge in [-0.2, -0.15) is 0 Å². The number of esters is 1. The molecule has 0 bridgehead atoms. The number of nitrogens with one attached hydrogen (secondary N) is 1. The molecule has 0 atom stereocenters. The Bertz CT molecular complexity index is 530. The molecule has 1 aromatic rings. The lowest BCUT2D eigenvalue weighted by atomic mass is 10.1. The lowest BCUT2D eigenvalue weighted by Crippen LogP contribution is -2.33. The van der Waals surface area contributed by atoms with E-state index in [4.69, 9.17) is 15.2 Å².